The molecule has 134 valence electrons. The van der Waals surface area contributed by atoms with Crippen molar-refractivity contribution in [3.63, 3.8) is 0 Å². The van der Waals surface area contributed by atoms with Crippen molar-refractivity contribution in [1.82, 2.24) is 0 Å². The van der Waals surface area contributed by atoms with Crippen molar-refractivity contribution in [2.24, 2.45) is 5.92 Å². The molecule has 0 radical (unpaired) electrons. The molecule has 2 aromatic rings. The van der Waals surface area contributed by atoms with Crippen LogP contribution < -0.4 is 24.0 Å². The predicted octanol–water partition coefficient (Wildman–Crippen LogP) is 2.03. The molecule has 2 bridgehead atoms. The zero-order chi connectivity index (χ0) is 16.8. The Balaban J connectivity index is 0.00000182. The normalized spacial score (nSPS) is 27.5. The first-order valence-electron chi connectivity index (χ1n) is 8.89. The molecule has 0 saturated carbocycles. The summed E-state index contributed by atoms with van der Waals surface area (Å²) in [5.74, 6) is 0.664. The zero-order valence-corrected chi connectivity index (χ0v) is 18.6. The molecule has 2 aliphatic heterocycles. The third kappa shape index (κ3) is 3.20. The Morgan fingerprint density at radius 1 is 1.08 bits per heavy atom. The van der Waals surface area contributed by atoms with Crippen molar-refractivity contribution in [3.05, 3.63) is 44.8 Å². The number of piperidine rings is 1. The summed E-state index contributed by atoms with van der Waals surface area (Å²) >= 11 is 3.48. The monoisotopic (exact) mass is 484 g/mol. The van der Waals surface area contributed by atoms with Gasteiger partial charge in [0.25, 0.3) is 0 Å². The average molecular weight is 484 g/mol. The van der Waals surface area contributed by atoms with Gasteiger partial charge in [-0.3, -0.25) is 0 Å². The van der Waals surface area contributed by atoms with E-state index in [1.54, 1.807) is 22.7 Å². The second-order valence-electron chi connectivity index (χ2n) is 8.03. The standard InChI is InChI=1S/C20H25N2S2.HI/c1-22(2)16-7-8-17(22)12-15(11-16)13-20(14-21,18-5-3-9-23-18)19-6-4-10-24-19;/h3-6,9-10,15-17H,7-8,11-13H2,1-2H3;1H/q+1;/p-1/t16-,17-;/m0./s1. The van der Waals surface area contributed by atoms with Crippen LogP contribution in [0.2, 0.25) is 0 Å². The van der Waals surface area contributed by atoms with Gasteiger partial charge in [-0.1, -0.05) is 12.1 Å². The number of quaternary nitrogens is 1. The SMILES string of the molecule is C[N+]1(C)[C@H]2CC[C@H]1CC(CC(C#N)(c1cccs1)c1cccs1)C2.[I-]. The van der Waals surface area contributed by atoms with Crippen LogP contribution in [0.1, 0.15) is 41.9 Å². The van der Waals surface area contributed by atoms with Gasteiger partial charge in [0.2, 0.25) is 0 Å². The topological polar surface area (TPSA) is 23.8 Å². The minimum atomic E-state index is -0.444. The summed E-state index contributed by atoms with van der Waals surface area (Å²) in [5.41, 5.74) is -0.444. The Morgan fingerprint density at radius 3 is 2.00 bits per heavy atom. The third-order valence-electron chi connectivity index (χ3n) is 6.60. The van der Waals surface area contributed by atoms with Crippen LogP contribution in [0.5, 0.6) is 0 Å². The van der Waals surface area contributed by atoms with Crippen LogP contribution in [0.15, 0.2) is 35.0 Å². The summed E-state index contributed by atoms with van der Waals surface area (Å²) in [6.45, 7) is 0. The number of hydrogen-bond donors (Lipinski definition) is 0. The molecular formula is C20H25IN2S2. The van der Waals surface area contributed by atoms with E-state index in [2.05, 4.69) is 55.2 Å². The molecule has 2 aromatic heterocycles. The van der Waals surface area contributed by atoms with E-state index >= 15 is 0 Å². The van der Waals surface area contributed by atoms with Crippen molar-refractivity contribution in [2.45, 2.75) is 49.6 Å². The molecule has 4 rings (SSSR count). The zero-order valence-electron chi connectivity index (χ0n) is 14.8. The maximum absolute atomic E-state index is 10.3. The molecule has 2 fully saturated rings. The van der Waals surface area contributed by atoms with E-state index in [9.17, 15) is 5.26 Å². The largest absolute Gasteiger partial charge is 1.00 e. The first-order valence-corrected chi connectivity index (χ1v) is 10.6. The van der Waals surface area contributed by atoms with Gasteiger partial charge in [-0.15, -0.1) is 22.7 Å². The molecule has 2 nitrogen and oxygen atoms in total. The fraction of sp³-hybridized carbons (Fsp3) is 0.550. The van der Waals surface area contributed by atoms with Crippen molar-refractivity contribution >= 4 is 22.7 Å². The molecule has 25 heavy (non-hydrogen) atoms. The van der Waals surface area contributed by atoms with Crippen LogP contribution in [0.4, 0.5) is 0 Å². The van der Waals surface area contributed by atoms with Crippen LogP contribution in [0.3, 0.4) is 0 Å². The lowest BCUT2D eigenvalue weighted by Gasteiger charge is -2.45. The molecule has 4 heterocycles. The van der Waals surface area contributed by atoms with E-state index in [0.29, 0.717) is 5.92 Å². The molecule has 0 spiro atoms. The van der Waals surface area contributed by atoms with E-state index in [4.69, 9.17) is 0 Å². The van der Waals surface area contributed by atoms with Crippen LogP contribution in [0.25, 0.3) is 0 Å². The third-order valence-corrected chi connectivity index (χ3v) is 8.66. The van der Waals surface area contributed by atoms with Gasteiger partial charge in [0.15, 0.2) is 0 Å². The number of thiophene rings is 2. The highest BCUT2D eigenvalue weighted by molar-refractivity contribution is 7.11. The van der Waals surface area contributed by atoms with E-state index in [-0.39, 0.29) is 24.0 Å². The Hall–Kier alpha value is -0.420. The van der Waals surface area contributed by atoms with Gasteiger partial charge in [0.05, 0.1) is 32.2 Å². The van der Waals surface area contributed by atoms with Crippen molar-refractivity contribution < 1.29 is 28.5 Å². The van der Waals surface area contributed by atoms with Gasteiger partial charge in [-0.2, -0.15) is 5.26 Å². The van der Waals surface area contributed by atoms with Gasteiger partial charge < -0.3 is 28.5 Å². The van der Waals surface area contributed by atoms with Crippen LogP contribution in [-0.2, 0) is 5.41 Å². The molecule has 5 heteroatoms. The Morgan fingerprint density at radius 2 is 1.60 bits per heavy atom. The van der Waals surface area contributed by atoms with Crippen molar-refractivity contribution in [2.75, 3.05) is 14.1 Å². The minimum Gasteiger partial charge on any atom is -1.00 e. The summed E-state index contributed by atoms with van der Waals surface area (Å²) in [6, 6.07) is 12.8. The number of rotatable bonds is 4. The summed E-state index contributed by atoms with van der Waals surface area (Å²) in [5, 5.41) is 14.5. The highest BCUT2D eigenvalue weighted by Gasteiger charge is 2.51. The summed E-state index contributed by atoms with van der Waals surface area (Å²) in [6.07, 6.45) is 6.28. The Bertz CT molecular complexity index is 680. The van der Waals surface area contributed by atoms with E-state index in [1.165, 1.54) is 39.9 Å². The number of nitriles is 1. The quantitative estimate of drug-likeness (QED) is 0.482. The fourth-order valence-corrected chi connectivity index (χ4v) is 6.98. The second-order valence-corrected chi connectivity index (χ2v) is 9.92. The first kappa shape index (κ1) is 19.3. The minimum absolute atomic E-state index is 0. The molecule has 0 unspecified atom stereocenters. The summed E-state index contributed by atoms with van der Waals surface area (Å²) < 4.78 is 1.20. The highest BCUT2D eigenvalue weighted by Crippen LogP contribution is 2.49. The lowest BCUT2D eigenvalue weighted by atomic mass is 9.73. The fourth-order valence-electron chi connectivity index (χ4n) is 5.11. The number of halogens is 1. The molecular weight excluding hydrogens is 459 g/mol. The number of nitrogens with zero attached hydrogens (tertiary/aromatic N) is 2. The summed E-state index contributed by atoms with van der Waals surface area (Å²) in [7, 11) is 4.82. The lowest BCUT2D eigenvalue weighted by Crippen LogP contribution is -3.00. The highest BCUT2D eigenvalue weighted by atomic mass is 127. The number of hydrogen-bond acceptors (Lipinski definition) is 3. The van der Waals surface area contributed by atoms with Gasteiger partial charge in [-0.25, -0.2) is 0 Å². The Kier molecular flexibility index (Phi) is 5.65. The first-order chi connectivity index (χ1) is 11.6. The average Bonchev–Trinajstić information content (AvgIpc) is 3.28. The summed E-state index contributed by atoms with van der Waals surface area (Å²) in [4.78, 5) is 2.44. The van der Waals surface area contributed by atoms with Crippen LogP contribution in [0, 0.1) is 17.2 Å². The lowest BCUT2D eigenvalue weighted by molar-refractivity contribution is -0.931. The molecule has 0 aromatic carbocycles. The van der Waals surface area contributed by atoms with Crippen LogP contribution >= 0.6 is 22.7 Å². The van der Waals surface area contributed by atoms with Gasteiger partial charge in [0.1, 0.15) is 5.41 Å². The molecule has 0 N–H and O–H groups in total. The Labute approximate surface area is 176 Å². The maximum atomic E-state index is 10.3. The number of fused-ring (bicyclic) bond motifs is 2. The molecule has 0 aliphatic carbocycles. The molecule has 0 amide bonds. The van der Waals surface area contributed by atoms with Gasteiger partial charge in [-0.05, 0) is 35.2 Å². The van der Waals surface area contributed by atoms with E-state index < -0.39 is 5.41 Å². The smallest absolute Gasteiger partial charge is 0.126 e. The van der Waals surface area contributed by atoms with E-state index in [0.717, 1.165) is 18.5 Å². The molecule has 2 saturated heterocycles. The van der Waals surface area contributed by atoms with E-state index in [1.807, 2.05) is 0 Å². The maximum Gasteiger partial charge on any atom is 0.126 e. The second kappa shape index (κ2) is 7.30. The molecule has 2 aliphatic rings. The van der Waals surface area contributed by atoms with Gasteiger partial charge in [0, 0.05) is 35.4 Å². The van der Waals surface area contributed by atoms with Crippen LogP contribution in [-0.4, -0.2) is 30.7 Å². The molecule has 2 atom stereocenters. The van der Waals surface area contributed by atoms with Crippen molar-refractivity contribution in [1.29, 1.82) is 5.26 Å². The predicted molar refractivity (Wildman–Crippen MR) is 101 cm³/mol. The van der Waals surface area contributed by atoms with Crippen molar-refractivity contribution in [3.8, 4) is 6.07 Å². The van der Waals surface area contributed by atoms with Gasteiger partial charge >= 0.3 is 0 Å².